The van der Waals surface area contributed by atoms with Gasteiger partial charge in [0.25, 0.3) is 0 Å². The average Bonchev–Trinajstić information content (AvgIpc) is 3.26. The summed E-state index contributed by atoms with van der Waals surface area (Å²) in [6.45, 7) is 4.79. The van der Waals surface area contributed by atoms with Crippen LogP contribution in [0.3, 0.4) is 0 Å². The molecule has 8 heteroatoms. The molecule has 0 unspecified atom stereocenters. The molecule has 0 bridgehead atoms. The van der Waals surface area contributed by atoms with Gasteiger partial charge in [0, 0.05) is 31.0 Å². The van der Waals surface area contributed by atoms with E-state index in [0.717, 1.165) is 25.2 Å². The Morgan fingerprint density at radius 2 is 2.00 bits per heavy atom. The quantitative estimate of drug-likeness (QED) is 0.740. The number of carbonyl (C=O) groups is 1. The summed E-state index contributed by atoms with van der Waals surface area (Å²) in [4.78, 5) is 26.1. The van der Waals surface area contributed by atoms with Crippen molar-refractivity contribution in [2.45, 2.75) is 37.9 Å². The van der Waals surface area contributed by atoms with Crippen molar-refractivity contribution < 1.29 is 4.79 Å². The van der Waals surface area contributed by atoms with E-state index in [-0.39, 0.29) is 17.3 Å². The van der Waals surface area contributed by atoms with Crippen LogP contribution in [-0.4, -0.2) is 39.5 Å². The standard InChI is InChI=1S/C17H23N5O2S/c1-2-9-22-16(24)19-20-17(22)25-12-15(23)18-13-5-7-14(8-6-13)21-10-3-4-11-21/h5-8H,2-4,9-12H2,1H3,(H,18,23)(H,19,24). The summed E-state index contributed by atoms with van der Waals surface area (Å²) in [5.41, 5.74) is 1.74. The summed E-state index contributed by atoms with van der Waals surface area (Å²) < 4.78 is 1.56. The maximum absolute atomic E-state index is 12.1. The van der Waals surface area contributed by atoms with E-state index in [2.05, 4.69) is 20.4 Å². The van der Waals surface area contributed by atoms with Crippen molar-refractivity contribution in [3.05, 3.63) is 34.7 Å². The predicted octanol–water partition coefficient (Wildman–Crippen LogP) is 2.31. The predicted molar refractivity (Wildman–Crippen MR) is 100 cm³/mol. The number of hydrogen-bond acceptors (Lipinski definition) is 5. The van der Waals surface area contributed by atoms with Gasteiger partial charge in [0.2, 0.25) is 5.91 Å². The number of hydrogen-bond donors (Lipinski definition) is 2. The van der Waals surface area contributed by atoms with Crippen molar-refractivity contribution >= 4 is 29.0 Å². The molecule has 2 heterocycles. The molecule has 0 saturated carbocycles. The number of aromatic amines is 1. The Labute approximate surface area is 150 Å². The van der Waals surface area contributed by atoms with Gasteiger partial charge in [0.05, 0.1) is 5.75 Å². The van der Waals surface area contributed by atoms with E-state index in [1.165, 1.54) is 30.3 Å². The van der Waals surface area contributed by atoms with E-state index < -0.39 is 0 Å². The molecular weight excluding hydrogens is 338 g/mol. The highest BCUT2D eigenvalue weighted by molar-refractivity contribution is 7.99. The molecule has 1 saturated heterocycles. The normalized spacial score (nSPS) is 14.0. The molecular formula is C17H23N5O2S. The summed E-state index contributed by atoms with van der Waals surface area (Å²) in [6, 6.07) is 7.94. The number of rotatable bonds is 7. The fourth-order valence-corrected chi connectivity index (χ4v) is 3.66. The number of thioether (sulfide) groups is 1. The molecule has 3 rings (SSSR count). The zero-order valence-corrected chi connectivity index (χ0v) is 15.1. The van der Waals surface area contributed by atoms with Crippen molar-refractivity contribution in [2.24, 2.45) is 0 Å². The Bertz CT molecular complexity index is 762. The molecule has 2 aromatic rings. The summed E-state index contributed by atoms with van der Waals surface area (Å²) in [6.07, 6.45) is 3.32. The van der Waals surface area contributed by atoms with Gasteiger partial charge < -0.3 is 10.2 Å². The Morgan fingerprint density at radius 3 is 2.68 bits per heavy atom. The molecule has 134 valence electrons. The van der Waals surface area contributed by atoms with Gasteiger partial charge in [-0.3, -0.25) is 9.36 Å². The third kappa shape index (κ3) is 4.45. The van der Waals surface area contributed by atoms with Gasteiger partial charge in [0.1, 0.15) is 0 Å². The van der Waals surface area contributed by atoms with E-state index in [0.29, 0.717) is 11.7 Å². The lowest BCUT2D eigenvalue weighted by molar-refractivity contribution is -0.113. The number of amides is 1. The zero-order valence-electron chi connectivity index (χ0n) is 14.3. The lowest BCUT2D eigenvalue weighted by Gasteiger charge is -2.17. The van der Waals surface area contributed by atoms with Crippen LogP contribution < -0.4 is 15.9 Å². The van der Waals surface area contributed by atoms with Crippen LogP contribution in [0.5, 0.6) is 0 Å². The van der Waals surface area contributed by atoms with Crippen LogP contribution in [0.25, 0.3) is 0 Å². The van der Waals surface area contributed by atoms with Gasteiger partial charge in [-0.1, -0.05) is 18.7 Å². The molecule has 1 aromatic carbocycles. The molecule has 1 aromatic heterocycles. The van der Waals surface area contributed by atoms with E-state index >= 15 is 0 Å². The monoisotopic (exact) mass is 361 g/mol. The number of anilines is 2. The van der Waals surface area contributed by atoms with Gasteiger partial charge in [-0.05, 0) is 43.5 Å². The second-order valence-electron chi connectivity index (χ2n) is 6.04. The second-order valence-corrected chi connectivity index (χ2v) is 6.98. The van der Waals surface area contributed by atoms with Crippen molar-refractivity contribution in [3.8, 4) is 0 Å². The fraction of sp³-hybridized carbons (Fsp3) is 0.471. The Hall–Kier alpha value is -2.22. The lowest BCUT2D eigenvalue weighted by Crippen LogP contribution is -2.19. The van der Waals surface area contributed by atoms with E-state index in [9.17, 15) is 9.59 Å². The molecule has 25 heavy (non-hydrogen) atoms. The number of nitrogens with one attached hydrogen (secondary N) is 2. The molecule has 0 atom stereocenters. The van der Waals surface area contributed by atoms with Gasteiger partial charge in [0.15, 0.2) is 5.16 Å². The molecule has 1 fully saturated rings. The summed E-state index contributed by atoms with van der Waals surface area (Å²) >= 11 is 1.26. The summed E-state index contributed by atoms with van der Waals surface area (Å²) in [5, 5.41) is 9.83. The van der Waals surface area contributed by atoms with Gasteiger partial charge >= 0.3 is 5.69 Å². The second kappa shape index (κ2) is 8.24. The molecule has 1 aliphatic rings. The summed E-state index contributed by atoms with van der Waals surface area (Å²) in [5.74, 6) is 0.0967. The molecule has 0 spiro atoms. The Morgan fingerprint density at radius 1 is 1.28 bits per heavy atom. The first-order chi connectivity index (χ1) is 12.2. The van der Waals surface area contributed by atoms with Gasteiger partial charge in [-0.2, -0.15) is 0 Å². The molecule has 0 aliphatic carbocycles. The largest absolute Gasteiger partial charge is 0.372 e. The van der Waals surface area contributed by atoms with Crippen LogP contribution in [0.15, 0.2) is 34.2 Å². The first-order valence-corrected chi connectivity index (χ1v) is 9.59. The minimum absolute atomic E-state index is 0.114. The number of nitrogens with zero attached hydrogens (tertiary/aromatic N) is 3. The fourth-order valence-electron chi connectivity index (χ4n) is 2.89. The number of H-pyrrole nitrogens is 1. The SMILES string of the molecule is CCCn1c(SCC(=O)Nc2ccc(N3CCCC3)cc2)n[nH]c1=O. The first-order valence-electron chi connectivity index (χ1n) is 8.60. The first kappa shape index (κ1) is 17.6. The topological polar surface area (TPSA) is 83.0 Å². The maximum atomic E-state index is 12.1. The maximum Gasteiger partial charge on any atom is 0.343 e. The summed E-state index contributed by atoms with van der Waals surface area (Å²) in [7, 11) is 0. The molecule has 1 amide bonds. The minimum atomic E-state index is -0.234. The van der Waals surface area contributed by atoms with Crippen LogP contribution in [0.2, 0.25) is 0 Å². The highest BCUT2D eigenvalue weighted by Crippen LogP contribution is 2.22. The Kier molecular flexibility index (Phi) is 5.80. The van der Waals surface area contributed by atoms with Crippen molar-refractivity contribution in [3.63, 3.8) is 0 Å². The molecule has 1 aliphatic heterocycles. The van der Waals surface area contributed by atoms with E-state index in [1.807, 2.05) is 31.2 Å². The molecule has 7 nitrogen and oxygen atoms in total. The smallest absolute Gasteiger partial charge is 0.343 e. The van der Waals surface area contributed by atoms with E-state index in [4.69, 9.17) is 0 Å². The average molecular weight is 361 g/mol. The molecule has 2 N–H and O–H groups in total. The highest BCUT2D eigenvalue weighted by Gasteiger charge is 2.13. The van der Waals surface area contributed by atoms with Crippen molar-refractivity contribution in [2.75, 3.05) is 29.1 Å². The van der Waals surface area contributed by atoms with Crippen LogP contribution >= 0.6 is 11.8 Å². The van der Waals surface area contributed by atoms with Gasteiger partial charge in [-0.25, -0.2) is 9.89 Å². The van der Waals surface area contributed by atoms with Crippen molar-refractivity contribution in [1.82, 2.24) is 14.8 Å². The van der Waals surface area contributed by atoms with Gasteiger partial charge in [-0.15, -0.1) is 5.10 Å². The minimum Gasteiger partial charge on any atom is -0.372 e. The van der Waals surface area contributed by atoms with Crippen LogP contribution in [-0.2, 0) is 11.3 Å². The van der Waals surface area contributed by atoms with Crippen LogP contribution in [0, 0.1) is 0 Å². The van der Waals surface area contributed by atoms with E-state index in [1.54, 1.807) is 4.57 Å². The number of carbonyl (C=O) groups excluding carboxylic acids is 1. The van der Waals surface area contributed by atoms with Crippen molar-refractivity contribution in [1.29, 1.82) is 0 Å². The van der Waals surface area contributed by atoms with Crippen LogP contribution in [0.1, 0.15) is 26.2 Å². The van der Waals surface area contributed by atoms with Crippen LogP contribution in [0.4, 0.5) is 11.4 Å². The third-order valence-corrected chi connectivity index (χ3v) is 5.10. The third-order valence-electron chi connectivity index (χ3n) is 4.13. The highest BCUT2D eigenvalue weighted by atomic mass is 32.2. The lowest BCUT2D eigenvalue weighted by atomic mass is 10.2. The molecule has 0 radical (unpaired) electrons. The number of benzene rings is 1. The Balaban J connectivity index is 1.53. The zero-order chi connectivity index (χ0) is 17.6. The number of aromatic nitrogens is 3.